The lowest BCUT2D eigenvalue weighted by Gasteiger charge is -2.07. The van der Waals surface area contributed by atoms with E-state index in [0.29, 0.717) is 11.6 Å². The van der Waals surface area contributed by atoms with Crippen molar-refractivity contribution in [3.63, 3.8) is 0 Å². The number of nitrogens with one attached hydrogen (secondary N) is 1. The molecule has 0 radical (unpaired) electrons. The van der Waals surface area contributed by atoms with E-state index in [-0.39, 0.29) is 11.7 Å². The fraction of sp³-hybridized carbons (Fsp3) is 0.643. The van der Waals surface area contributed by atoms with E-state index in [9.17, 15) is 4.79 Å². The highest BCUT2D eigenvalue weighted by Crippen LogP contribution is 2.45. The molecule has 0 atom stereocenters. The Labute approximate surface area is 123 Å². The molecule has 0 amide bonds. The summed E-state index contributed by atoms with van der Waals surface area (Å²) in [5.74, 6) is 1.16. The molecule has 0 unspecified atom stereocenters. The van der Waals surface area contributed by atoms with Crippen LogP contribution in [0, 0.1) is 11.8 Å². The lowest BCUT2D eigenvalue weighted by Crippen LogP contribution is -2.04. The third-order valence-electron chi connectivity index (χ3n) is 3.28. The van der Waals surface area contributed by atoms with Crippen molar-refractivity contribution in [1.29, 1.82) is 0 Å². The Kier molecular flexibility index (Phi) is 4.79. The summed E-state index contributed by atoms with van der Waals surface area (Å²) in [6, 6.07) is 0. The Morgan fingerprint density at radius 2 is 2.21 bits per heavy atom. The van der Waals surface area contributed by atoms with Crippen LogP contribution in [0.3, 0.4) is 0 Å². The molecule has 2 rings (SSSR count). The van der Waals surface area contributed by atoms with Crippen molar-refractivity contribution in [1.82, 2.24) is 0 Å². The van der Waals surface area contributed by atoms with Crippen molar-refractivity contribution in [2.45, 2.75) is 38.0 Å². The van der Waals surface area contributed by atoms with Crippen molar-refractivity contribution >= 4 is 39.6 Å². The second kappa shape index (κ2) is 6.18. The molecule has 5 heteroatoms. The number of rotatable bonds is 7. The van der Waals surface area contributed by atoms with E-state index in [4.69, 9.17) is 5.73 Å². The van der Waals surface area contributed by atoms with Crippen molar-refractivity contribution in [2.75, 3.05) is 23.9 Å². The number of carbonyl (C=O) groups is 1. The van der Waals surface area contributed by atoms with Gasteiger partial charge in [-0.2, -0.15) is 0 Å². The zero-order valence-corrected chi connectivity index (χ0v) is 13.4. The number of nitrogen functional groups attached to an aromatic ring is 1. The third-order valence-corrected chi connectivity index (χ3v) is 5.42. The van der Waals surface area contributed by atoms with E-state index in [0.717, 1.165) is 40.6 Å². The van der Waals surface area contributed by atoms with Crippen LogP contribution in [0.1, 0.15) is 42.8 Å². The molecular formula is C14H22N2OS2. The van der Waals surface area contributed by atoms with Crippen molar-refractivity contribution in [3.05, 3.63) is 4.88 Å². The van der Waals surface area contributed by atoms with Gasteiger partial charge in [0.2, 0.25) is 0 Å². The number of ketones is 1. The molecule has 3 N–H and O–H groups in total. The van der Waals surface area contributed by atoms with Crippen LogP contribution < -0.4 is 11.1 Å². The zero-order chi connectivity index (χ0) is 14.0. The highest BCUT2D eigenvalue weighted by Gasteiger charge is 2.33. The fourth-order valence-electron chi connectivity index (χ4n) is 1.94. The Hall–Kier alpha value is -0.680. The van der Waals surface area contributed by atoms with E-state index in [1.165, 1.54) is 11.3 Å². The number of nitrogens with two attached hydrogens (primary N) is 1. The Morgan fingerprint density at radius 3 is 2.74 bits per heavy atom. The summed E-state index contributed by atoms with van der Waals surface area (Å²) in [4.78, 5) is 14.0. The first kappa shape index (κ1) is 14.7. The van der Waals surface area contributed by atoms with Gasteiger partial charge in [-0.1, -0.05) is 13.8 Å². The molecule has 3 nitrogen and oxygen atoms in total. The largest absolute Gasteiger partial charge is 0.396 e. The predicted octanol–water partition coefficient (Wildman–Crippen LogP) is 4.10. The normalized spacial score (nSPS) is 14.9. The van der Waals surface area contributed by atoms with Gasteiger partial charge in [-0.3, -0.25) is 4.79 Å². The minimum atomic E-state index is 0.235. The average Bonchev–Trinajstić information content (AvgIpc) is 3.14. The number of Topliss-reactive ketones (excluding diaryl/α,β-unsaturated/α-hetero) is 1. The number of thioether (sulfide) groups is 1. The molecule has 19 heavy (non-hydrogen) atoms. The first-order valence-corrected chi connectivity index (χ1v) is 8.83. The van der Waals surface area contributed by atoms with E-state index < -0.39 is 0 Å². The van der Waals surface area contributed by atoms with E-state index >= 15 is 0 Å². The molecule has 0 saturated heterocycles. The maximum absolute atomic E-state index is 12.2. The first-order valence-electron chi connectivity index (χ1n) is 6.79. The Balaban J connectivity index is 2.13. The van der Waals surface area contributed by atoms with Crippen LogP contribution in [0.2, 0.25) is 0 Å². The summed E-state index contributed by atoms with van der Waals surface area (Å²) >= 11 is 3.15. The highest BCUT2D eigenvalue weighted by atomic mass is 32.2. The highest BCUT2D eigenvalue weighted by molar-refractivity contribution is 7.99. The predicted molar refractivity (Wildman–Crippen MR) is 85.5 cm³/mol. The monoisotopic (exact) mass is 298 g/mol. The minimum Gasteiger partial charge on any atom is -0.396 e. The second-order valence-electron chi connectivity index (χ2n) is 5.46. The van der Waals surface area contributed by atoms with E-state index in [1.54, 1.807) is 11.8 Å². The molecule has 1 aliphatic carbocycles. The number of hydrogen-bond donors (Lipinski definition) is 2. The van der Waals surface area contributed by atoms with Crippen LogP contribution in [-0.2, 0) is 0 Å². The number of carbonyl (C=O) groups excluding carboxylic acids is 1. The van der Waals surface area contributed by atoms with Gasteiger partial charge in [0.25, 0.3) is 0 Å². The van der Waals surface area contributed by atoms with Gasteiger partial charge in [-0.25, -0.2) is 0 Å². The molecule has 1 saturated carbocycles. The zero-order valence-electron chi connectivity index (χ0n) is 11.8. The Bertz CT molecular complexity index is 464. The molecule has 1 fully saturated rings. The molecule has 1 aliphatic rings. The smallest absolute Gasteiger partial charge is 0.178 e. The summed E-state index contributed by atoms with van der Waals surface area (Å²) in [7, 11) is 0. The van der Waals surface area contributed by atoms with Crippen LogP contribution in [0.4, 0.5) is 10.7 Å². The van der Waals surface area contributed by atoms with Crippen LogP contribution in [0.25, 0.3) is 0 Å². The van der Waals surface area contributed by atoms with Gasteiger partial charge in [-0.05, 0) is 31.4 Å². The van der Waals surface area contributed by atoms with Gasteiger partial charge >= 0.3 is 0 Å². The Morgan fingerprint density at radius 1 is 1.53 bits per heavy atom. The lowest BCUT2D eigenvalue weighted by molar-refractivity contribution is 0.0972. The van der Waals surface area contributed by atoms with Crippen LogP contribution in [0.5, 0.6) is 0 Å². The van der Waals surface area contributed by atoms with Crippen molar-refractivity contribution < 1.29 is 4.79 Å². The number of hydrogen-bond acceptors (Lipinski definition) is 5. The third kappa shape index (κ3) is 3.45. The minimum absolute atomic E-state index is 0.235. The van der Waals surface area contributed by atoms with Gasteiger partial charge in [0.05, 0.1) is 15.5 Å². The molecule has 1 aromatic heterocycles. The average molecular weight is 298 g/mol. The topological polar surface area (TPSA) is 55.1 Å². The molecule has 0 bridgehead atoms. The SMILES string of the molecule is CSc1c(NCCC(C)C)sc(C(=O)C2CC2)c1N. The molecule has 0 aromatic carbocycles. The van der Waals surface area contributed by atoms with Crippen LogP contribution in [0.15, 0.2) is 4.90 Å². The van der Waals surface area contributed by atoms with Crippen LogP contribution >= 0.6 is 23.1 Å². The quantitative estimate of drug-likeness (QED) is 0.588. The summed E-state index contributed by atoms with van der Waals surface area (Å²) in [6.07, 6.45) is 5.19. The summed E-state index contributed by atoms with van der Waals surface area (Å²) < 4.78 is 0. The van der Waals surface area contributed by atoms with Crippen LogP contribution in [-0.4, -0.2) is 18.6 Å². The summed E-state index contributed by atoms with van der Waals surface area (Å²) in [6.45, 7) is 5.35. The molecule has 1 heterocycles. The van der Waals surface area contributed by atoms with Gasteiger partial charge in [0.1, 0.15) is 5.00 Å². The van der Waals surface area contributed by atoms with Gasteiger partial charge in [0.15, 0.2) is 5.78 Å². The van der Waals surface area contributed by atoms with Gasteiger partial charge in [0, 0.05) is 12.5 Å². The van der Waals surface area contributed by atoms with Gasteiger partial charge < -0.3 is 11.1 Å². The summed E-state index contributed by atoms with van der Waals surface area (Å²) in [5, 5.41) is 4.50. The van der Waals surface area contributed by atoms with Crippen molar-refractivity contribution in [3.8, 4) is 0 Å². The molecule has 0 spiro atoms. The second-order valence-corrected chi connectivity index (χ2v) is 7.29. The molecular weight excluding hydrogens is 276 g/mol. The maximum atomic E-state index is 12.2. The van der Waals surface area contributed by atoms with Crippen molar-refractivity contribution in [2.24, 2.45) is 11.8 Å². The summed E-state index contributed by atoms with van der Waals surface area (Å²) in [5.41, 5.74) is 6.82. The molecule has 0 aliphatic heterocycles. The maximum Gasteiger partial charge on any atom is 0.178 e. The fourth-order valence-corrected chi connectivity index (χ4v) is 4.02. The van der Waals surface area contributed by atoms with Gasteiger partial charge in [-0.15, -0.1) is 23.1 Å². The molecule has 106 valence electrons. The van der Waals surface area contributed by atoms with E-state index in [2.05, 4.69) is 19.2 Å². The lowest BCUT2D eigenvalue weighted by atomic mass is 10.1. The standard InChI is InChI=1S/C14H22N2OS2/c1-8(2)6-7-16-14-13(18-3)10(15)12(19-14)11(17)9-4-5-9/h8-9,16H,4-7,15H2,1-3H3. The first-order chi connectivity index (χ1) is 9.04. The molecule has 1 aromatic rings. The van der Waals surface area contributed by atoms with E-state index in [1.807, 2.05) is 6.26 Å². The number of thiophene rings is 1. The number of anilines is 2.